The molecule has 0 radical (unpaired) electrons. The second kappa shape index (κ2) is 10.2. The third kappa shape index (κ3) is 5.80. The molecule has 1 atom stereocenters. The molecule has 158 valence electrons. The Labute approximate surface area is 180 Å². The van der Waals surface area contributed by atoms with Crippen LogP contribution in [0, 0.1) is 0 Å². The molecule has 2 N–H and O–H groups in total. The fraction of sp³-hybridized carbons (Fsp3) is 0.381. The van der Waals surface area contributed by atoms with Crippen molar-refractivity contribution in [2.45, 2.75) is 38.6 Å². The SMILES string of the molecule is CC(CNc1nc(-n2ccnc2)ns1)NCCC1=COC=C(CC2=CC=CCC2)O1. The normalized spacial score (nSPS) is 16.8. The van der Waals surface area contributed by atoms with Crippen molar-refractivity contribution in [1.82, 2.24) is 24.2 Å². The highest BCUT2D eigenvalue weighted by molar-refractivity contribution is 7.09. The van der Waals surface area contributed by atoms with E-state index in [9.17, 15) is 0 Å². The van der Waals surface area contributed by atoms with E-state index in [0.29, 0.717) is 5.95 Å². The predicted molar refractivity (Wildman–Crippen MR) is 117 cm³/mol. The maximum atomic E-state index is 5.99. The molecule has 2 aromatic rings. The second-order valence-corrected chi connectivity index (χ2v) is 7.98. The van der Waals surface area contributed by atoms with Gasteiger partial charge in [0, 0.05) is 55.9 Å². The molecule has 1 aliphatic heterocycles. The molecular weight excluding hydrogens is 400 g/mol. The molecule has 3 heterocycles. The summed E-state index contributed by atoms with van der Waals surface area (Å²) in [5, 5.41) is 7.61. The van der Waals surface area contributed by atoms with E-state index in [1.165, 1.54) is 17.1 Å². The molecule has 8 nitrogen and oxygen atoms in total. The van der Waals surface area contributed by atoms with Crippen molar-refractivity contribution in [3.63, 3.8) is 0 Å². The van der Waals surface area contributed by atoms with Gasteiger partial charge in [-0.2, -0.15) is 9.36 Å². The van der Waals surface area contributed by atoms with Gasteiger partial charge < -0.3 is 20.1 Å². The van der Waals surface area contributed by atoms with Gasteiger partial charge in [0.15, 0.2) is 0 Å². The van der Waals surface area contributed by atoms with Gasteiger partial charge in [-0.1, -0.05) is 23.8 Å². The van der Waals surface area contributed by atoms with Crippen LogP contribution in [-0.2, 0) is 9.47 Å². The molecule has 0 amide bonds. The largest absolute Gasteiger partial charge is 0.466 e. The second-order valence-electron chi connectivity index (χ2n) is 7.23. The monoisotopic (exact) mass is 426 g/mol. The molecule has 0 fully saturated rings. The number of nitrogens with one attached hydrogen (secondary N) is 2. The van der Waals surface area contributed by atoms with Crippen molar-refractivity contribution >= 4 is 16.7 Å². The van der Waals surface area contributed by atoms with Gasteiger partial charge in [0.2, 0.25) is 11.1 Å². The molecule has 9 heteroatoms. The summed E-state index contributed by atoms with van der Waals surface area (Å²) in [6, 6.07) is 0.268. The Morgan fingerprint density at radius 2 is 2.23 bits per heavy atom. The van der Waals surface area contributed by atoms with E-state index in [4.69, 9.17) is 9.47 Å². The summed E-state index contributed by atoms with van der Waals surface area (Å²) in [6.45, 7) is 3.68. The van der Waals surface area contributed by atoms with Gasteiger partial charge in [-0.15, -0.1) is 0 Å². The van der Waals surface area contributed by atoms with Crippen LogP contribution in [0.25, 0.3) is 5.95 Å². The Kier molecular flexibility index (Phi) is 6.94. The molecule has 2 aromatic heterocycles. The van der Waals surface area contributed by atoms with Crippen LogP contribution in [0.5, 0.6) is 0 Å². The number of nitrogens with zero attached hydrogens (tertiary/aromatic N) is 4. The average molecular weight is 427 g/mol. The summed E-state index contributed by atoms with van der Waals surface area (Å²) in [5.74, 6) is 2.35. The van der Waals surface area contributed by atoms with Crippen molar-refractivity contribution in [3.05, 3.63) is 66.6 Å². The number of ether oxygens (including phenoxy) is 2. The molecule has 4 rings (SSSR count). The molecule has 30 heavy (non-hydrogen) atoms. The lowest BCUT2D eigenvalue weighted by Gasteiger charge is -2.19. The van der Waals surface area contributed by atoms with Crippen molar-refractivity contribution in [3.8, 4) is 5.95 Å². The summed E-state index contributed by atoms with van der Waals surface area (Å²) in [7, 11) is 0. The summed E-state index contributed by atoms with van der Waals surface area (Å²) in [5.41, 5.74) is 1.37. The number of hydrogen-bond acceptors (Lipinski definition) is 8. The smallest absolute Gasteiger partial charge is 0.248 e. The Balaban J connectivity index is 1.14. The molecule has 0 spiro atoms. The quantitative estimate of drug-likeness (QED) is 0.596. The summed E-state index contributed by atoms with van der Waals surface area (Å²) < 4.78 is 17.6. The van der Waals surface area contributed by atoms with Crippen LogP contribution >= 0.6 is 11.5 Å². The number of allylic oxidation sites excluding steroid dienone is 4. The fourth-order valence-electron chi connectivity index (χ4n) is 3.14. The van der Waals surface area contributed by atoms with Crippen molar-refractivity contribution in [2.24, 2.45) is 0 Å². The molecule has 1 aliphatic carbocycles. The van der Waals surface area contributed by atoms with Crippen LogP contribution < -0.4 is 10.6 Å². The number of anilines is 1. The van der Waals surface area contributed by atoms with Gasteiger partial charge in [0.25, 0.3) is 0 Å². The summed E-state index contributed by atoms with van der Waals surface area (Å²) in [6.07, 6.45) is 18.8. The maximum absolute atomic E-state index is 5.99. The Morgan fingerprint density at radius 3 is 3.07 bits per heavy atom. The molecule has 2 aliphatic rings. The molecular formula is C21H26N6O2S. The molecule has 0 aromatic carbocycles. The van der Waals surface area contributed by atoms with E-state index in [1.807, 2.05) is 6.20 Å². The van der Waals surface area contributed by atoms with Gasteiger partial charge in [-0.3, -0.25) is 4.57 Å². The lowest BCUT2D eigenvalue weighted by atomic mass is 10.0. The van der Waals surface area contributed by atoms with Gasteiger partial charge >= 0.3 is 0 Å². The molecule has 0 saturated carbocycles. The van der Waals surface area contributed by atoms with Crippen LogP contribution in [-0.4, -0.2) is 38.0 Å². The topological polar surface area (TPSA) is 86.1 Å². The first-order valence-electron chi connectivity index (χ1n) is 10.1. The number of rotatable bonds is 10. The third-order valence-electron chi connectivity index (χ3n) is 4.74. The van der Waals surface area contributed by atoms with Crippen LogP contribution in [0.4, 0.5) is 5.13 Å². The zero-order valence-corrected chi connectivity index (χ0v) is 17.8. The standard InChI is InChI=1S/C21H26N6O2S/c1-16(12-24-21-25-20(26-30-21)27-10-9-22-15-27)23-8-7-18-13-28-14-19(29-18)11-17-5-3-2-4-6-17/h2-3,5,9-10,13-16,23H,4,6-8,11-12H2,1H3,(H,24,25,26). The molecule has 0 saturated heterocycles. The third-order valence-corrected chi connectivity index (χ3v) is 5.40. The van der Waals surface area contributed by atoms with Gasteiger partial charge in [-0.05, 0) is 19.8 Å². The van der Waals surface area contributed by atoms with Crippen LogP contribution in [0.2, 0.25) is 0 Å². The number of hydrogen-bond donors (Lipinski definition) is 2. The first-order chi connectivity index (χ1) is 14.8. The van der Waals surface area contributed by atoms with Gasteiger partial charge in [-0.25, -0.2) is 4.98 Å². The number of aromatic nitrogens is 4. The summed E-state index contributed by atoms with van der Waals surface area (Å²) in [4.78, 5) is 8.48. The first kappa shape index (κ1) is 20.4. The van der Waals surface area contributed by atoms with Gasteiger partial charge in [0.1, 0.15) is 30.4 Å². The highest BCUT2D eigenvalue weighted by Crippen LogP contribution is 2.25. The zero-order valence-electron chi connectivity index (χ0n) is 17.0. The lowest BCUT2D eigenvalue weighted by Crippen LogP contribution is -2.33. The number of imidazole rings is 1. The lowest BCUT2D eigenvalue weighted by molar-refractivity contribution is 0.206. The predicted octanol–water partition coefficient (Wildman–Crippen LogP) is 3.90. The molecule has 0 bridgehead atoms. The first-order valence-corrected chi connectivity index (χ1v) is 10.9. The summed E-state index contributed by atoms with van der Waals surface area (Å²) >= 11 is 1.34. The van der Waals surface area contributed by atoms with E-state index in [0.717, 1.165) is 55.4 Å². The van der Waals surface area contributed by atoms with Crippen molar-refractivity contribution < 1.29 is 9.47 Å². The molecule has 1 unspecified atom stereocenters. The van der Waals surface area contributed by atoms with E-state index in [2.05, 4.69) is 50.1 Å². The maximum Gasteiger partial charge on any atom is 0.248 e. The van der Waals surface area contributed by atoms with E-state index >= 15 is 0 Å². The Hall–Kier alpha value is -2.91. The minimum Gasteiger partial charge on any atom is -0.466 e. The minimum absolute atomic E-state index is 0.268. The average Bonchev–Trinajstić information content (AvgIpc) is 3.45. The zero-order chi connectivity index (χ0) is 20.6. The van der Waals surface area contributed by atoms with Gasteiger partial charge in [0.05, 0.1) is 0 Å². The minimum atomic E-state index is 0.268. The van der Waals surface area contributed by atoms with Crippen molar-refractivity contribution in [1.29, 1.82) is 0 Å². The fourth-order valence-corrected chi connectivity index (χ4v) is 3.71. The van der Waals surface area contributed by atoms with Crippen molar-refractivity contribution in [2.75, 3.05) is 18.4 Å². The highest BCUT2D eigenvalue weighted by atomic mass is 32.1. The van der Waals surface area contributed by atoms with E-state index in [-0.39, 0.29) is 6.04 Å². The highest BCUT2D eigenvalue weighted by Gasteiger charge is 2.13. The van der Waals surface area contributed by atoms with Crippen LogP contribution in [0.15, 0.2) is 66.6 Å². The van der Waals surface area contributed by atoms with Crippen LogP contribution in [0.3, 0.4) is 0 Å². The Bertz CT molecular complexity index is 945. The Morgan fingerprint density at radius 1 is 1.30 bits per heavy atom. The van der Waals surface area contributed by atoms with E-state index < -0.39 is 0 Å². The van der Waals surface area contributed by atoms with Crippen LogP contribution in [0.1, 0.15) is 32.6 Å². The van der Waals surface area contributed by atoms with E-state index in [1.54, 1.807) is 29.6 Å².